The largest absolute Gasteiger partial charge is 0.491 e. The molecule has 1 aliphatic heterocycles. The van der Waals surface area contributed by atoms with Crippen molar-refractivity contribution in [1.82, 2.24) is 10.3 Å². The van der Waals surface area contributed by atoms with Crippen LogP contribution in [0.4, 0.5) is 5.82 Å². The first-order chi connectivity index (χ1) is 19.7. The van der Waals surface area contributed by atoms with Gasteiger partial charge in [0.25, 0.3) is 0 Å². The molecule has 0 saturated carbocycles. The molecule has 0 radical (unpaired) electrons. The molecule has 2 aromatic carbocycles. The summed E-state index contributed by atoms with van der Waals surface area (Å²) in [6, 6.07) is 17.7. The van der Waals surface area contributed by atoms with Gasteiger partial charge in [-0.25, -0.2) is 18.2 Å². The van der Waals surface area contributed by atoms with E-state index >= 15 is 0 Å². The van der Waals surface area contributed by atoms with Crippen LogP contribution in [0, 0.1) is 0 Å². The van der Waals surface area contributed by atoms with Gasteiger partial charge in [-0.2, -0.15) is 0 Å². The van der Waals surface area contributed by atoms with Gasteiger partial charge in [0.2, 0.25) is 0 Å². The van der Waals surface area contributed by atoms with E-state index in [9.17, 15) is 18.3 Å². The SMILES string of the molecule is CCOC(=O)c1ccc(N(CC(O)COc2ccc(OCc3ccccc3)c(S(C)(=O)=O)c2)C2CCNCC2)nc1. The zero-order chi connectivity index (χ0) is 29.2. The van der Waals surface area contributed by atoms with Gasteiger partial charge in [0.05, 0.1) is 12.2 Å². The fourth-order valence-electron chi connectivity index (χ4n) is 4.63. The minimum Gasteiger partial charge on any atom is -0.491 e. The summed E-state index contributed by atoms with van der Waals surface area (Å²) in [6.45, 7) is 4.14. The molecule has 11 heteroatoms. The van der Waals surface area contributed by atoms with Gasteiger partial charge in [0.1, 0.15) is 41.5 Å². The highest BCUT2D eigenvalue weighted by atomic mass is 32.2. The fraction of sp³-hybridized carbons (Fsp3) is 0.400. The van der Waals surface area contributed by atoms with Crippen molar-refractivity contribution in [2.24, 2.45) is 0 Å². The summed E-state index contributed by atoms with van der Waals surface area (Å²) in [4.78, 5) is 18.6. The van der Waals surface area contributed by atoms with Gasteiger partial charge in [0, 0.05) is 31.1 Å². The number of carbonyl (C=O) groups excluding carboxylic acids is 1. The number of anilines is 1. The van der Waals surface area contributed by atoms with Crippen LogP contribution in [0.2, 0.25) is 0 Å². The smallest absolute Gasteiger partial charge is 0.339 e. The lowest BCUT2D eigenvalue weighted by atomic mass is 10.0. The molecule has 1 saturated heterocycles. The molecule has 0 aliphatic carbocycles. The number of rotatable bonds is 13. The number of aliphatic hydroxyl groups excluding tert-OH is 1. The molecule has 4 rings (SSSR count). The van der Waals surface area contributed by atoms with Crippen molar-refractivity contribution in [3.8, 4) is 11.5 Å². The number of sulfone groups is 1. The number of hydrogen-bond donors (Lipinski definition) is 2. The van der Waals surface area contributed by atoms with Gasteiger partial charge in [-0.05, 0) is 62.7 Å². The summed E-state index contributed by atoms with van der Waals surface area (Å²) in [5.74, 6) is 0.752. The summed E-state index contributed by atoms with van der Waals surface area (Å²) in [7, 11) is -3.60. The number of carbonyl (C=O) groups is 1. The van der Waals surface area contributed by atoms with E-state index in [2.05, 4.69) is 10.3 Å². The normalized spacial score (nSPS) is 14.7. The van der Waals surface area contributed by atoms with Gasteiger partial charge in [-0.3, -0.25) is 0 Å². The van der Waals surface area contributed by atoms with E-state index in [4.69, 9.17) is 14.2 Å². The van der Waals surface area contributed by atoms with Crippen LogP contribution in [0.5, 0.6) is 11.5 Å². The summed E-state index contributed by atoms with van der Waals surface area (Å²) in [6.07, 6.45) is 3.45. The third kappa shape index (κ3) is 8.66. The van der Waals surface area contributed by atoms with E-state index in [-0.39, 0.29) is 43.1 Å². The van der Waals surface area contributed by atoms with Crippen molar-refractivity contribution in [2.75, 3.05) is 44.0 Å². The molecule has 10 nitrogen and oxygen atoms in total. The highest BCUT2D eigenvalue weighted by Crippen LogP contribution is 2.29. The van der Waals surface area contributed by atoms with Crippen LogP contribution in [0.15, 0.2) is 71.8 Å². The molecule has 1 aromatic heterocycles. The van der Waals surface area contributed by atoms with Crippen LogP contribution in [-0.4, -0.2) is 75.7 Å². The Morgan fingerprint density at radius 2 is 1.85 bits per heavy atom. The van der Waals surface area contributed by atoms with Crippen molar-refractivity contribution in [3.05, 3.63) is 78.0 Å². The maximum Gasteiger partial charge on any atom is 0.339 e. The van der Waals surface area contributed by atoms with Crippen molar-refractivity contribution in [2.45, 2.75) is 43.4 Å². The van der Waals surface area contributed by atoms with E-state index in [1.54, 1.807) is 31.2 Å². The Morgan fingerprint density at radius 3 is 2.51 bits per heavy atom. The van der Waals surface area contributed by atoms with E-state index in [1.165, 1.54) is 12.3 Å². The Balaban J connectivity index is 1.43. The van der Waals surface area contributed by atoms with Gasteiger partial charge < -0.3 is 29.5 Å². The first-order valence-electron chi connectivity index (χ1n) is 13.7. The lowest BCUT2D eigenvalue weighted by molar-refractivity contribution is 0.0526. The molecule has 1 fully saturated rings. The average molecular weight is 584 g/mol. The Bertz CT molecular complexity index is 1380. The number of piperidine rings is 1. The van der Waals surface area contributed by atoms with Crippen LogP contribution in [0.3, 0.4) is 0 Å². The van der Waals surface area contributed by atoms with E-state index < -0.39 is 21.9 Å². The van der Waals surface area contributed by atoms with Gasteiger partial charge in [-0.1, -0.05) is 30.3 Å². The lowest BCUT2D eigenvalue weighted by Gasteiger charge is -2.36. The second-order valence-electron chi connectivity index (χ2n) is 9.88. The lowest BCUT2D eigenvalue weighted by Crippen LogP contribution is -2.47. The number of ether oxygens (including phenoxy) is 3. The summed E-state index contributed by atoms with van der Waals surface area (Å²) in [5, 5.41) is 14.3. The van der Waals surface area contributed by atoms with Crippen LogP contribution < -0.4 is 19.7 Å². The van der Waals surface area contributed by atoms with Gasteiger partial charge in [0.15, 0.2) is 9.84 Å². The maximum absolute atomic E-state index is 12.5. The molecule has 41 heavy (non-hydrogen) atoms. The molecular weight excluding hydrogens is 546 g/mol. The Kier molecular flexibility index (Phi) is 10.6. The predicted molar refractivity (Wildman–Crippen MR) is 155 cm³/mol. The second kappa shape index (κ2) is 14.3. The molecule has 2 N–H and O–H groups in total. The Hall–Kier alpha value is -3.67. The number of aliphatic hydroxyl groups is 1. The Morgan fingerprint density at radius 1 is 1.10 bits per heavy atom. The zero-order valence-electron chi connectivity index (χ0n) is 23.4. The van der Waals surface area contributed by atoms with Gasteiger partial charge >= 0.3 is 5.97 Å². The number of esters is 1. The third-order valence-electron chi connectivity index (χ3n) is 6.70. The molecule has 1 atom stereocenters. The number of hydrogen-bond acceptors (Lipinski definition) is 10. The van der Waals surface area contributed by atoms with Crippen LogP contribution >= 0.6 is 0 Å². The van der Waals surface area contributed by atoms with Crippen molar-refractivity contribution >= 4 is 21.6 Å². The van der Waals surface area contributed by atoms with Crippen molar-refractivity contribution in [3.63, 3.8) is 0 Å². The zero-order valence-corrected chi connectivity index (χ0v) is 24.2. The number of benzene rings is 2. The third-order valence-corrected chi connectivity index (χ3v) is 7.82. The molecule has 0 bridgehead atoms. The molecule has 2 heterocycles. The van der Waals surface area contributed by atoms with E-state index in [0.29, 0.717) is 17.1 Å². The topological polar surface area (TPSA) is 127 Å². The number of nitrogens with zero attached hydrogens (tertiary/aromatic N) is 2. The minimum atomic E-state index is -3.60. The number of aromatic nitrogens is 1. The molecular formula is C30H37N3O7S. The summed E-state index contributed by atoms with van der Waals surface area (Å²) >= 11 is 0. The van der Waals surface area contributed by atoms with Crippen LogP contribution in [0.25, 0.3) is 0 Å². The first-order valence-corrected chi connectivity index (χ1v) is 15.6. The van der Waals surface area contributed by atoms with Crippen LogP contribution in [0.1, 0.15) is 35.7 Å². The molecule has 1 aliphatic rings. The summed E-state index contributed by atoms with van der Waals surface area (Å²) in [5.41, 5.74) is 1.28. The maximum atomic E-state index is 12.5. The number of pyridine rings is 1. The molecule has 0 spiro atoms. The molecule has 3 aromatic rings. The summed E-state index contributed by atoms with van der Waals surface area (Å²) < 4.78 is 41.7. The quantitative estimate of drug-likeness (QED) is 0.290. The molecule has 1 unspecified atom stereocenters. The molecule has 0 amide bonds. The van der Waals surface area contributed by atoms with Gasteiger partial charge in [-0.15, -0.1) is 0 Å². The highest BCUT2D eigenvalue weighted by molar-refractivity contribution is 7.90. The predicted octanol–water partition coefficient (Wildman–Crippen LogP) is 3.24. The van der Waals surface area contributed by atoms with Crippen LogP contribution in [-0.2, 0) is 21.2 Å². The van der Waals surface area contributed by atoms with Crippen molar-refractivity contribution < 1.29 is 32.5 Å². The average Bonchev–Trinajstić information content (AvgIpc) is 2.98. The first kappa shape index (κ1) is 30.3. The van der Waals surface area contributed by atoms with Crippen molar-refractivity contribution in [1.29, 1.82) is 0 Å². The number of nitrogens with one attached hydrogen (secondary N) is 1. The standard InChI is InChI=1S/C30H37N3O7S/c1-3-38-30(35)23-9-12-29(32-18-23)33(24-13-15-31-16-14-24)19-25(34)21-39-26-10-11-27(28(17-26)41(2,36)37)40-20-22-7-5-4-6-8-22/h4-12,17-18,24-25,31,34H,3,13-16,19-21H2,1-2H3. The highest BCUT2D eigenvalue weighted by Gasteiger charge is 2.25. The Labute approximate surface area is 241 Å². The molecule has 220 valence electrons. The monoisotopic (exact) mass is 583 g/mol. The van der Waals surface area contributed by atoms with E-state index in [1.807, 2.05) is 35.2 Å². The minimum absolute atomic E-state index is 0.0163. The second-order valence-corrected chi connectivity index (χ2v) is 11.9. The fourth-order valence-corrected chi connectivity index (χ4v) is 5.46. The van der Waals surface area contributed by atoms with E-state index in [0.717, 1.165) is 37.8 Å².